The highest BCUT2D eigenvalue weighted by Crippen LogP contribution is 2.18. The molecule has 1 aromatic carbocycles. The second kappa shape index (κ2) is 5.31. The van der Waals surface area contributed by atoms with Gasteiger partial charge in [0.05, 0.1) is 0 Å². The van der Waals surface area contributed by atoms with E-state index in [9.17, 15) is 4.39 Å². The number of hydrogen-bond acceptors (Lipinski definition) is 0. The van der Waals surface area contributed by atoms with Crippen LogP contribution in [0.1, 0.15) is 25.0 Å². The van der Waals surface area contributed by atoms with Gasteiger partial charge in [0.2, 0.25) is 0 Å². The lowest BCUT2D eigenvalue weighted by molar-refractivity contribution is 0.609. The van der Waals surface area contributed by atoms with Crippen molar-refractivity contribution in [3.05, 3.63) is 33.5 Å². The van der Waals surface area contributed by atoms with E-state index < -0.39 is 0 Å². The molecular formula is C10H14BrF. The van der Waals surface area contributed by atoms with Gasteiger partial charge in [0.15, 0.2) is 0 Å². The van der Waals surface area contributed by atoms with Crippen LogP contribution in [0.15, 0.2) is 16.6 Å². The predicted molar refractivity (Wildman–Crippen MR) is 54.9 cm³/mol. The zero-order valence-electron chi connectivity index (χ0n) is 7.91. The Morgan fingerprint density at radius 1 is 1.08 bits per heavy atom. The van der Waals surface area contributed by atoms with E-state index in [1.54, 1.807) is 26.0 Å². The molecule has 0 aliphatic heterocycles. The summed E-state index contributed by atoms with van der Waals surface area (Å²) < 4.78 is 13.8. The van der Waals surface area contributed by atoms with E-state index in [0.29, 0.717) is 11.1 Å². The fourth-order valence-electron chi connectivity index (χ4n) is 0.893. The summed E-state index contributed by atoms with van der Waals surface area (Å²) in [6.45, 7) is 7.51. The van der Waals surface area contributed by atoms with Gasteiger partial charge in [-0.15, -0.1) is 0 Å². The average molecular weight is 233 g/mol. The maximum absolute atomic E-state index is 12.9. The van der Waals surface area contributed by atoms with E-state index in [1.165, 1.54) is 0 Å². The minimum atomic E-state index is -0.108. The molecule has 1 aromatic rings. The van der Waals surface area contributed by atoms with Crippen molar-refractivity contribution in [2.75, 3.05) is 0 Å². The van der Waals surface area contributed by atoms with Crippen LogP contribution in [0, 0.1) is 19.7 Å². The van der Waals surface area contributed by atoms with E-state index in [0.717, 1.165) is 4.47 Å². The third kappa shape index (κ3) is 2.94. The van der Waals surface area contributed by atoms with Crippen LogP contribution in [-0.2, 0) is 0 Å². The SMILES string of the molecule is CC.Cc1cc(Br)cc(C)c1F. The molecule has 68 valence electrons. The van der Waals surface area contributed by atoms with Gasteiger partial charge in [-0.25, -0.2) is 4.39 Å². The fourth-order valence-corrected chi connectivity index (χ4v) is 1.58. The van der Waals surface area contributed by atoms with Gasteiger partial charge >= 0.3 is 0 Å². The van der Waals surface area contributed by atoms with Crippen molar-refractivity contribution < 1.29 is 4.39 Å². The topological polar surface area (TPSA) is 0 Å². The number of aryl methyl sites for hydroxylation is 2. The summed E-state index contributed by atoms with van der Waals surface area (Å²) in [4.78, 5) is 0. The van der Waals surface area contributed by atoms with Gasteiger partial charge in [-0.3, -0.25) is 0 Å². The Morgan fingerprint density at radius 3 is 1.75 bits per heavy atom. The van der Waals surface area contributed by atoms with Crippen molar-refractivity contribution in [2.45, 2.75) is 27.7 Å². The molecule has 0 spiro atoms. The normalized spacial score (nSPS) is 8.83. The lowest BCUT2D eigenvalue weighted by Gasteiger charge is -2.00. The molecule has 0 heterocycles. The number of hydrogen-bond donors (Lipinski definition) is 0. The van der Waals surface area contributed by atoms with Crippen molar-refractivity contribution in [1.82, 2.24) is 0 Å². The van der Waals surface area contributed by atoms with Crippen molar-refractivity contribution in [3.63, 3.8) is 0 Å². The molecule has 0 N–H and O–H groups in total. The van der Waals surface area contributed by atoms with Gasteiger partial charge in [-0.2, -0.15) is 0 Å². The Morgan fingerprint density at radius 2 is 1.42 bits per heavy atom. The molecule has 0 aliphatic rings. The fraction of sp³-hybridized carbons (Fsp3) is 0.400. The molecular weight excluding hydrogens is 219 g/mol. The highest BCUT2D eigenvalue weighted by molar-refractivity contribution is 9.10. The molecule has 0 amide bonds. The minimum absolute atomic E-state index is 0.108. The minimum Gasteiger partial charge on any atom is -0.206 e. The van der Waals surface area contributed by atoms with E-state index in [-0.39, 0.29) is 5.82 Å². The molecule has 0 nitrogen and oxygen atoms in total. The zero-order valence-corrected chi connectivity index (χ0v) is 9.50. The van der Waals surface area contributed by atoms with E-state index in [4.69, 9.17) is 0 Å². The van der Waals surface area contributed by atoms with E-state index in [2.05, 4.69) is 15.9 Å². The first kappa shape index (κ1) is 11.6. The first-order valence-corrected chi connectivity index (χ1v) is 4.83. The lowest BCUT2D eigenvalue weighted by atomic mass is 10.1. The van der Waals surface area contributed by atoms with Gasteiger partial charge in [0.1, 0.15) is 5.82 Å². The Kier molecular flexibility index (Phi) is 5.14. The Hall–Kier alpha value is -0.370. The summed E-state index contributed by atoms with van der Waals surface area (Å²) in [5, 5.41) is 0. The molecule has 0 unspecified atom stereocenters. The second-order valence-corrected chi connectivity index (χ2v) is 3.27. The van der Waals surface area contributed by atoms with Crippen LogP contribution in [0.2, 0.25) is 0 Å². The number of benzene rings is 1. The molecule has 2 heteroatoms. The first-order valence-electron chi connectivity index (χ1n) is 4.03. The Labute approximate surface area is 81.9 Å². The lowest BCUT2D eigenvalue weighted by Crippen LogP contribution is -1.86. The molecule has 1 rings (SSSR count). The Bertz CT molecular complexity index is 233. The molecule has 12 heavy (non-hydrogen) atoms. The zero-order chi connectivity index (χ0) is 9.72. The van der Waals surface area contributed by atoms with Crippen LogP contribution >= 0.6 is 15.9 Å². The van der Waals surface area contributed by atoms with Crippen LogP contribution in [0.4, 0.5) is 4.39 Å². The average Bonchev–Trinajstić information content (AvgIpc) is 2.04. The standard InChI is InChI=1S/C8H8BrF.C2H6/c1-5-3-7(9)4-6(2)8(5)10;1-2/h3-4H,1-2H3;1-2H3. The van der Waals surface area contributed by atoms with Gasteiger partial charge in [0.25, 0.3) is 0 Å². The monoisotopic (exact) mass is 232 g/mol. The van der Waals surface area contributed by atoms with Crippen LogP contribution in [0.3, 0.4) is 0 Å². The maximum atomic E-state index is 12.9. The summed E-state index contributed by atoms with van der Waals surface area (Å²) in [5.74, 6) is -0.108. The molecule has 0 aromatic heterocycles. The third-order valence-corrected chi connectivity index (χ3v) is 1.86. The third-order valence-electron chi connectivity index (χ3n) is 1.40. The Balaban J connectivity index is 0.000000561. The molecule has 0 atom stereocenters. The van der Waals surface area contributed by atoms with Gasteiger partial charge in [-0.1, -0.05) is 29.8 Å². The number of rotatable bonds is 0. The van der Waals surface area contributed by atoms with Crippen LogP contribution in [0.5, 0.6) is 0 Å². The molecule has 0 radical (unpaired) electrons. The van der Waals surface area contributed by atoms with Crippen molar-refractivity contribution in [1.29, 1.82) is 0 Å². The first-order chi connectivity index (χ1) is 5.61. The second-order valence-electron chi connectivity index (χ2n) is 2.35. The van der Waals surface area contributed by atoms with Crippen LogP contribution < -0.4 is 0 Å². The summed E-state index contributed by atoms with van der Waals surface area (Å²) in [6.07, 6.45) is 0. The maximum Gasteiger partial charge on any atom is 0.129 e. The van der Waals surface area contributed by atoms with Crippen molar-refractivity contribution in [2.24, 2.45) is 0 Å². The quantitative estimate of drug-likeness (QED) is 0.629. The predicted octanol–water partition coefficient (Wildman–Crippen LogP) is 4.23. The van der Waals surface area contributed by atoms with Crippen molar-refractivity contribution >= 4 is 15.9 Å². The van der Waals surface area contributed by atoms with Gasteiger partial charge < -0.3 is 0 Å². The highest BCUT2D eigenvalue weighted by atomic mass is 79.9. The largest absolute Gasteiger partial charge is 0.206 e. The molecule has 0 fully saturated rings. The number of halogens is 2. The van der Waals surface area contributed by atoms with E-state index in [1.807, 2.05) is 13.8 Å². The summed E-state index contributed by atoms with van der Waals surface area (Å²) in [6, 6.07) is 3.53. The summed E-state index contributed by atoms with van der Waals surface area (Å²) in [7, 11) is 0. The molecule has 0 bridgehead atoms. The van der Waals surface area contributed by atoms with Crippen molar-refractivity contribution in [3.8, 4) is 0 Å². The summed E-state index contributed by atoms with van der Waals surface area (Å²) >= 11 is 3.28. The molecule has 0 saturated carbocycles. The van der Waals surface area contributed by atoms with Crippen LogP contribution in [-0.4, -0.2) is 0 Å². The van der Waals surface area contributed by atoms with E-state index >= 15 is 0 Å². The highest BCUT2D eigenvalue weighted by Gasteiger charge is 2.00. The summed E-state index contributed by atoms with van der Waals surface area (Å²) in [5.41, 5.74) is 1.37. The van der Waals surface area contributed by atoms with Gasteiger partial charge in [-0.05, 0) is 37.1 Å². The molecule has 0 saturated heterocycles. The van der Waals surface area contributed by atoms with Gasteiger partial charge in [0, 0.05) is 4.47 Å². The van der Waals surface area contributed by atoms with Crippen LogP contribution in [0.25, 0.3) is 0 Å². The smallest absolute Gasteiger partial charge is 0.129 e. The molecule has 0 aliphatic carbocycles.